The number of hydrogen-bond acceptors (Lipinski definition) is 6. The number of benzene rings is 1. The standard InChI is InChI=1S/C26H29NO5S/c1-15(2)31-26(29)23-20-7-5-6-8-22(20)33-25(23)27-24(28)21-12-11-19(32-21)14-30-18-10-9-16(3)17(4)13-18/h9-13,15H,5-8,14H2,1-4H3,(H,27,28). The molecular formula is C26H29NO5S. The van der Waals surface area contributed by atoms with E-state index < -0.39 is 5.91 Å². The number of fused-ring (bicyclic) bond motifs is 1. The molecule has 0 aliphatic heterocycles. The summed E-state index contributed by atoms with van der Waals surface area (Å²) in [6.07, 6.45) is 3.62. The Hall–Kier alpha value is -3.06. The number of hydrogen-bond donors (Lipinski definition) is 1. The molecule has 0 atom stereocenters. The highest BCUT2D eigenvalue weighted by molar-refractivity contribution is 7.17. The monoisotopic (exact) mass is 467 g/mol. The van der Waals surface area contributed by atoms with Crippen molar-refractivity contribution in [2.75, 3.05) is 5.32 Å². The third-order valence-corrected chi connectivity index (χ3v) is 6.90. The fraction of sp³-hybridized carbons (Fsp3) is 0.385. The minimum Gasteiger partial charge on any atom is -0.486 e. The molecule has 2 aromatic heterocycles. The summed E-state index contributed by atoms with van der Waals surface area (Å²) in [6.45, 7) is 7.94. The Kier molecular flexibility index (Phi) is 6.88. The second-order valence-electron chi connectivity index (χ2n) is 8.62. The number of ether oxygens (including phenoxy) is 2. The van der Waals surface area contributed by atoms with Crippen LogP contribution in [0.1, 0.15) is 74.9 Å². The Bertz CT molecular complexity index is 1170. The van der Waals surface area contributed by atoms with Crippen LogP contribution in [-0.2, 0) is 24.2 Å². The van der Waals surface area contributed by atoms with Gasteiger partial charge < -0.3 is 19.2 Å². The summed E-state index contributed by atoms with van der Waals surface area (Å²) in [5, 5.41) is 3.41. The summed E-state index contributed by atoms with van der Waals surface area (Å²) in [4.78, 5) is 26.8. The summed E-state index contributed by atoms with van der Waals surface area (Å²) in [6, 6.07) is 9.24. The molecule has 0 saturated heterocycles. The molecule has 1 aliphatic carbocycles. The Morgan fingerprint density at radius 2 is 1.88 bits per heavy atom. The summed E-state index contributed by atoms with van der Waals surface area (Å²) in [5.41, 5.74) is 3.85. The highest BCUT2D eigenvalue weighted by Crippen LogP contribution is 2.39. The van der Waals surface area contributed by atoms with E-state index in [1.54, 1.807) is 12.1 Å². The van der Waals surface area contributed by atoms with Crippen LogP contribution in [0.15, 0.2) is 34.7 Å². The van der Waals surface area contributed by atoms with Crippen molar-refractivity contribution in [1.29, 1.82) is 0 Å². The minimum atomic E-state index is -0.398. The van der Waals surface area contributed by atoms with Gasteiger partial charge in [0.15, 0.2) is 5.76 Å². The van der Waals surface area contributed by atoms with Gasteiger partial charge in [0.2, 0.25) is 0 Å². The van der Waals surface area contributed by atoms with Gasteiger partial charge >= 0.3 is 5.97 Å². The maximum atomic E-state index is 12.9. The molecule has 1 aliphatic rings. The average molecular weight is 468 g/mol. The van der Waals surface area contributed by atoms with Crippen LogP contribution >= 0.6 is 11.3 Å². The molecule has 0 fully saturated rings. The number of anilines is 1. The molecule has 0 radical (unpaired) electrons. The van der Waals surface area contributed by atoms with Gasteiger partial charge in [-0.05, 0) is 94.3 Å². The lowest BCUT2D eigenvalue weighted by atomic mass is 9.95. The summed E-state index contributed by atoms with van der Waals surface area (Å²) in [7, 11) is 0. The van der Waals surface area contributed by atoms with Gasteiger partial charge in [-0.1, -0.05) is 6.07 Å². The van der Waals surface area contributed by atoms with Gasteiger partial charge in [0.1, 0.15) is 23.1 Å². The van der Waals surface area contributed by atoms with Gasteiger partial charge in [-0.2, -0.15) is 0 Å². The lowest BCUT2D eigenvalue weighted by Crippen LogP contribution is -2.17. The van der Waals surface area contributed by atoms with Crippen LogP contribution in [0, 0.1) is 13.8 Å². The zero-order valence-corrected chi connectivity index (χ0v) is 20.3. The molecule has 3 aromatic rings. The van der Waals surface area contributed by atoms with E-state index in [0.717, 1.165) is 47.4 Å². The molecule has 0 spiro atoms. The molecule has 174 valence electrons. The van der Waals surface area contributed by atoms with Gasteiger partial charge in [0, 0.05) is 4.88 Å². The normalized spacial score (nSPS) is 13.0. The van der Waals surface area contributed by atoms with Crippen molar-refractivity contribution in [2.45, 2.75) is 66.1 Å². The van der Waals surface area contributed by atoms with Gasteiger partial charge in [-0.15, -0.1) is 11.3 Å². The highest BCUT2D eigenvalue weighted by atomic mass is 32.1. The molecule has 33 heavy (non-hydrogen) atoms. The van der Waals surface area contributed by atoms with E-state index in [4.69, 9.17) is 13.9 Å². The summed E-state index contributed by atoms with van der Waals surface area (Å²) in [5.74, 6) is 0.677. The maximum absolute atomic E-state index is 12.9. The predicted octanol–water partition coefficient (Wildman–Crippen LogP) is 6.23. The molecule has 7 heteroatoms. The molecule has 0 saturated carbocycles. The first-order chi connectivity index (χ1) is 15.8. The molecule has 1 amide bonds. The Labute approximate surface area is 197 Å². The van der Waals surface area contributed by atoms with E-state index in [1.165, 1.54) is 16.9 Å². The number of carbonyl (C=O) groups excluding carboxylic acids is 2. The van der Waals surface area contributed by atoms with E-state index in [0.29, 0.717) is 16.3 Å². The van der Waals surface area contributed by atoms with Crippen molar-refractivity contribution in [2.24, 2.45) is 0 Å². The maximum Gasteiger partial charge on any atom is 0.341 e. The molecule has 4 rings (SSSR count). The number of carbonyl (C=O) groups is 2. The second-order valence-corrected chi connectivity index (χ2v) is 9.73. The van der Waals surface area contributed by atoms with Crippen molar-refractivity contribution in [3.05, 3.63) is 69.0 Å². The van der Waals surface area contributed by atoms with Crippen LogP contribution < -0.4 is 10.1 Å². The molecule has 2 heterocycles. The third kappa shape index (κ3) is 5.30. The number of amides is 1. The van der Waals surface area contributed by atoms with Crippen molar-refractivity contribution in [3.8, 4) is 5.75 Å². The van der Waals surface area contributed by atoms with Crippen LogP contribution in [0.5, 0.6) is 5.75 Å². The molecular weight excluding hydrogens is 438 g/mol. The highest BCUT2D eigenvalue weighted by Gasteiger charge is 2.28. The van der Waals surface area contributed by atoms with Crippen molar-refractivity contribution in [1.82, 2.24) is 0 Å². The first-order valence-corrected chi connectivity index (χ1v) is 12.1. The number of nitrogens with one attached hydrogen (secondary N) is 1. The molecule has 6 nitrogen and oxygen atoms in total. The van der Waals surface area contributed by atoms with Crippen LogP contribution in [-0.4, -0.2) is 18.0 Å². The summed E-state index contributed by atoms with van der Waals surface area (Å²) >= 11 is 1.46. The minimum absolute atomic E-state index is 0.170. The lowest BCUT2D eigenvalue weighted by molar-refractivity contribution is 0.0378. The average Bonchev–Trinajstić information content (AvgIpc) is 3.38. The molecule has 1 aromatic carbocycles. The van der Waals surface area contributed by atoms with Crippen molar-refractivity contribution in [3.63, 3.8) is 0 Å². The Balaban J connectivity index is 1.47. The van der Waals surface area contributed by atoms with E-state index in [1.807, 2.05) is 39.0 Å². The lowest BCUT2D eigenvalue weighted by Gasteiger charge is -2.14. The van der Waals surface area contributed by atoms with Crippen LogP contribution in [0.25, 0.3) is 0 Å². The number of furan rings is 1. The molecule has 0 bridgehead atoms. The van der Waals surface area contributed by atoms with Crippen molar-refractivity contribution >= 4 is 28.2 Å². The quantitative estimate of drug-likeness (QED) is 0.417. The number of aryl methyl sites for hydroxylation is 3. The Morgan fingerprint density at radius 3 is 2.64 bits per heavy atom. The second kappa shape index (κ2) is 9.83. The Morgan fingerprint density at radius 1 is 1.09 bits per heavy atom. The third-order valence-electron chi connectivity index (χ3n) is 5.69. The van der Waals surface area contributed by atoms with Crippen LogP contribution in [0.3, 0.4) is 0 Å². The van der Waals surface area contributed by atoms with Gasteiger partial charge in [-0.25, -0.2) is 4.79 Å². The fourth-order valence-corrected chi connectivity index (χ4v) is 5.12. The SMILES string of the molecule is Cc1ccc(OCc2ccc(C(=O)Nc3sc4c(c3C(=O)OC(C)C)CCCC4)o2)cc1C. The molecule has 1 N–H and O–H groups in total. The zero-order chi connectivity index (χ0) is 23.5. The fourth-order valence-electron chi connectivity index (χ4n) is 3.84. The van der Waals surface area contributed by atoms with E-state index in [2.05, 4.69) is 12.2 Å². The van der Waals surface area contributed by atoms with Gasteiger partial charge in [0.05, 0.1) is 11.7 Å². The zero-order valence-electron chi connectivity index (χ0n) is 19.4. The first kappa shape index (κ1) is 23.1. The van der Waals surface area contributed by atoms with Gasteiger partial charge in [-0.3, -0.25) is 4.79 Å². The largest absolute Gasteiger partial charge is 0.486 e. The van der Waals surface area contributed by atoms with E-state index in [9.17, 15) is 9.59 Å². The predicted molar refractivity (Wildman–Crippen MR) is 128 cm³/mol. The van der Waals surface area contributed by atoms with Crippen LogP contribution in [0.4, 0.5) is 5.00 Å². The van der Waals surface area contributed by atoms with Crippen LogP contribution in [0.2, 0.25) is 0 Å². The topological polar surface area (TPSA) is 77.8 Å². The summed E-state index contributed by atoms with van der Waals surface area (Å²) < 4.78 is 17.0. The number of rotatable bonds is 7. The molecule has 0 unspecified atom stereocenters. The van der Waals surface area contributed by atoms with Crippen molar-refractivity contribution < 1.29 is 23.5 Å². The number of thiophene rings is 1. The first-order valence-electron chi connectivity index (χ1n) is 11.3. The number of esters is 1. The van der Waals surface area contributed by atoms with Gasteiger partial charge in [0.25, 0.3) is 5.91 Å². The smallest absolute Gasteiger partial charge is 0.341 e. The van der Waals surface area contributed by atoms with E-state index >= 15 is 0 Å². The van der Waals surface area contributed by atoms with E-state index in [-0.39, 0.29) is 24.4 Å².